The Hall–Kier alpha value is -1.31. The maximum Gasteiger partial charge on any atom is 0.276 e. The summed E-state index contributed by atoms with van der Waals surface area (Å²) in [7, 11) is 0. The van der Waals surface area contributed by atoms with Crippen molar-refractivity contribution in [3.63, 3.8) is 0 Å². The Morgan fingerprint density at radius 3 is 2.61 bits per heavy atom. The molecule has 0 aromatic heterocycles. The van der Waals surface area contributed by atoms with Crippen LogP contribution < -0.4 is 0 Å². The highest BCUT2D eigenvalue weighted by atomic mass is 79.9. The number of nitro benzene ring substituents is 1. The van der Waals surface area contributed by atoms with Gasteiger partial charge in [0, 0.05) is 17.0 Å². The molecule has 0 heterocycles. The van der Waals surface area contributed by atoms with E-state index < -0.39 is 17.1 Å². The number of nitrogens with zero attached hydrogens (tertiary/aromatic N) is 1. The van der Waals surface area contributed by atoms with Crippen molar-refractivity contribution in [2.45, 2.75) is 18.6 Å². The molecule has 7 heteroatoms. The van der Waals surface area contributed by atoms with Gasteiger partial charge in [0.25, 0.3) is 5.69 Å². The number of aliphatic hydroxyl groups is 2. The van der Waals surface area contributed by atoms with Gasteiger partial charge in [-0.05, 0) is 12.5 Å². The van der Waals surface area contributed by atoms with E-state index in [4.69, 9.17) is 0 Å². The van der Waals surface area contributed by atoms with E-state index in [0.29, 0.717) is 11.6 Å². The molecule has 2 unspecified atom stereocenters. The molecule has 2 N–H and O–H groups in total. The SMILES string of the molecule is O=Cc1ccc(C(O)C(O)CCBr)c([N+](=O)[O-])c1. The second-order valence-corrected chi connectivity index (χ2v) is 4.48. The van der Waals surface area contributed by atoms with Gasteiger partial charge in [-0.2, -0.15) is 0 Å². The smallest absolute Gasteiger partial charge is 0.276 e. The highest BCUT2D eigenvalue weighted by Crippen LogP contribution is 2.29. The maximum absolute atomic E-state index is 10.9. The summed E-state index contributed by atoms with van der Waals surface area (Å²) in [4.78, 5) is 20.7. The average molecular weight is 318 g/mol. The quantitative estimate of drug-likeness (QED) is 0.359. The van der Waals surface area contributed by atoms with Crippen molar-refractivity contribution in [1.29, 1.82) is 0 Å². The van der Waals surface area contributed by atoms with Crippen LogP contribution in [0.4, 0.5) is 5.69 Å². The molecule has 2 atom stereocenters. The lowest BCUT2D eigenvalue weighted by molar-refractivity contribution is -0.386. The molecule has 1 aromatic rings. The molecular weight excluding hydrogens is 306 g/mol. The van der Waals surface area contributed by atoms with E-state index in [1.54, 1.807) is 0 Å². The predicted molar refractivity (Wildman–Crippen MR) is 67.9 cm³/mol. The largest absolute Gasteiger partial charge is 0.390 e. The third kappa shape index (κ3) is 3.34. The molecule has 0 aliphatic rings. The lowest BCUT2D eigenvalue weighted by Gasteiger charge is -2.17. The van der Waals surface area contributed by atoms with Crippen LogP contribution in [-0.2, 0) is 0 Å². The number of halogens is 1. The molecule has 0 fully saturated rings. The number of hydrogen-bond acceptors (Lipinski definition) is 5. The van der Waals surface area contributed by atoms with Gasteiger partial charge in [-0.15, -0.1) is 0 Å². The lowest BCUT2D eigenvalue weighted by Crippen LogP contribution is -2.19. The van der Waals surface area contributed by atoms with Crippen LogP contribution in [0.1, 0.15) is 28.4 Å². The molecule has 0 aliphatic heterocycles. The van der Waals surface area contributed by atoms with Gasteiger partial charge in [0.15, 0.2) is 0 Å². The number of carbonyl (C=O) groups excluding carboxylic acids is 1. The summed E-state index contributed by atoms with van der Waals surface area (Å²) in [5.41, 5.74) is -0.229. The first kappa shape index (κ1) is 14.7. The van der Waals surface area contributed by atoms with Crippen LogP contribution in [0.5, 0.6) is 0 Å². The number of nitro groups is 1. The Morgan fingerprint density at radius 1 is 1.44 bits per heavy atom. The second-order valence-electron chi connectivity index (χ2n) is 3.68. The number of carbonyl (C=O) groups is 1. The number of aldehydes is 1. The third-order valence-electron chi connectivity index (χ3n) is 2.48. The van der Waals surface area contributed by atoms with E-state index in [0.717, 1.165) is 6.07 Å². The van der Waals surface area contributed by atoms with Crippen molar-refractivity contribution < 1.29 is 19.9 Å². The van der Waals surface area contributed by atoms with Crippen LogP contribution in [0.25, 0.3) is 0 Å². The molecule has 0 aliphatic carbocycles. The molecular formula is C11H12BrNO5. The third-order valence-corrected chi connectivity index (χ3v) is 2.93. The van der Waals surface area contributed by atoms with Gasteiger partial charge in [-0.1, -0.05) is 22.0 Å². The molecule has 18 heavy (non-hydrogen) atoms. The van der Waals surface area contributed by atoms with Crippen molar-refractivity contribution in [2.75, 3.05) is 5.33 Å². The normalized spacial score (nSPS) is 13.9. The molecule has 0 saturated carbocycles. The standard InChI is InChI=1S/C11H12BrNO5/c12-4-3-10(15)11(16)8-2-1-7(6-14)5-9(8)13(17)18/h1-2,5-6,10-11,15-16H,3-4H2. The Balaban J connectivity index is 3.14. The van der Waals surface area contributed by atoms with E-state index in [1.807, 2.05) is 0 Å². The summed E-state index contributed by atoms with van der Waals surface area (Å²) in [5.74, 6) is 0. The van der Waals surface area contributed by atoms with E-state index in [9.17, 15) is 25.1 Å². The molecule has 0 amide bonds. The zero-order valence-corrected chi connectivity index (χ0v) is 10.9. The van der Waals surface area contributed by atoms with E-state index in [2.05, 4.69) is 15.9 Å². The number of aliphatic hydroxyl groups excluding tert-OH is 2. The fraction of sp³-hybridized carbons (Fsp3) is 0.364. The highest BCUT2D eigenvalue weighted by molar-refractivity contribution is 9.09. The van der Waals surface area contributed by atoms with Crippen LogP contribution in [0, 0.1) is 10.1 Å². The Morgan fingerprint density at radius 2 is 2.11 bits per heavy atom. The minimum atomic E-state index is -1.36. The molecule has 1 rings (SSSR count). The van der Waals surface area contributed by atoms with Crippen molar-refractivity contribution in [3.05, 3.63) is 39.4 Å². The van der Waals surface area contributed by atoms with Crippen molar-refractivity contribution in [3.8, 4) is 0 Å². The summed E-state index contributed by atoms with van der Waals surface area (Å²) in [5, 5.41) is 30.8. The fourth-order valence-electron chi connectivity index (χ4n) is 1.52. The summed E-state index contributed by atoms with van der Waals surface area (Å²) in [6.45, 7) is 0. The van der Waals surface area contributed by atoms with Crippen LogP contribution in [0.15, 0.2) is 18.2 Å². The van der Waals surface area contributed by atoms with Gasteiger partial charge in [0.1, 0.15) is 12.4 Å². The van der Waals surface area contributed by atoms with Gasteiger partial charge in [-0.3, -0.25) is 14.9 Å². The minimum absolute atomic E-state index is 0.000880. The maximum atomic E-state index is 10.9. The van der Waals surface area contributed by atoms with E-state index in [1.165, 1.54) is 12.1 Å². The zero-order valence-electron chi connectivity index (χ0n) is 9.32. The monoisotopic (exact) mass is 317 g/mol. The van der Waals surface area contributed by atoms with Gasteiger partial charge < -0.3 is 10.2 Å². The van der Waals surface area contributed by atoms with Gasteiger partial charge in [0.2, 0.25) is 0 Å². The number of alkyl halides is 1. The lowest BCUT2D eigenvalue weighted by atomic mass is 9.99. The first-order valence-corrected chi connectivity index (χ1v) is 6.29. The highest BCUT2D eigenvalue weighted by Gasteiger charge is 2.26. The zero-order chi connectivity index (χ0) is 13.7. The summed E-state index contributed by atoms with van der Waals surface area (Å²) >= 11 is 3.11. The molecule has 6 nitrogen and oxygen atoms in total. The second kappa shape index (κ2) is 6.58. The first-order valence-electron chi connectivity index (χ1n) is 5.17. The summed E-state index contributed by atoms with van der Waals surface area (Å²) in [6, 6.07) is 3.72. The summed E-state index contributed by atoms with van der Waals surface area (Å²) in [6.07, 6.45) is -1.72. The van der Waals surface area contributed by atoms with Gasteiger partial charge in [0.05, 0.1) is 16.6 Å². The van der Waals surface area contributed by atoms with Gasteiger partial charge >= 0.3 is 0 Å². The van der Waals surface area contributed by atoms with Crippen LogP contribution in [0.3, 0.4) is 0 Å². The number of hydrogen-bond donors (Lipinski definition) is 2. The van der Waals surface area contributed by atoms with Crippen molar-refractivity contribution in [1.82, 2.24) is 0 Å². The van der Waals surface area contributed by atoms with Crippen molar-refractivity contribution in [2.24, 2.45) is 0 Å². The molecule has 0 bridgehead atoms. The molecule has 0 radical (unpaired) electrons. The fourth-order valence-corrected chi connectivity index (χ4v) is 1.99. The number of rotatable bonds is 6. The van der Waals surface area contributed by atoms with Crippen LogP contribution >= 0.6 is 15.9 Å². The molecule has 98 valence electrons. The van der Waals surface area contributed by atoms with Gasteiger partial charge in [-0.25, -0.2) is 0 Å². The Labute approximate surface area is 112 Å². The van der Waals surface area contributed by atoms with E-state index in [-0.39, 0.29) is 23.2 Å². The number of benzene rings is 1. The van der Waals surface area contributed by atoms with E-state index >= 15 is 0 Å². The average Bonchev–Trinajstić information content (AvgIpc) is 2.37. The summed E-state index contributed by atoms with van der Waals surface area (Å²) < 4.78 is 0. The molecule has 1 aromatic carbocycles. The Kier molecular flexibility index (Phi) is 5.39. The van der Waals surface area contributed by atoms with Crippen LogP contribution in [0.2, 0.25) is 0 Å². The topological polar surface area (TPSA) is 101 Å². The molecule has 0 spiro atoms. The predicted octanol–water partition coefficient (Wildman–Crippen LogP) is 1.59. The van der Waals surface area contributed by atoms with Crippen LogP contribution in [-0.4, -0.2) is 32.9 Å². The first-order chi connectivity index (χ1) is 8.51. The minimum Gasteiger partial charge on any atom is -0.390 e. The Bertz CT molecular complexity index is 451. The molecule has 0 saturated heterocycles. The van der Waals surface area contributed by atoms with Crippen molar-refractivity contribution >= 4 is 27.9 Å².